The molecule has 3 nitrogen and oxygen atoms in total. The van der Waals surface area contributed by atoms with Crippen LogP contribution in [-0.4, -0.2) is 9.55 Å². The fourth-order valence-electron chi connectivity index (χ4n) is 2.50. The predicted molar refractivity (Wildman–Crippen MR) is 70.8 cm³/mol. The molecule has 0 saturated heterocycles. The first-order valence-corrected chi connectivity index (χ1v) is 7.07. The van der Waals surface area contributed by atoms with Gasteiger partial charge in [-0.15, -0.1) is 11.3 Å². The number of aromatic nitrogens is 2. The van der Waals surface area contributed by atoms with Crippen LogP contribution in [0.2, 0.25) is 0 Å². The molecule has 3 heterocycles. The molecule has 2 aromatic rings. The first-order valence-electron chi connectivity index (χ1n) is 6.25. The Balaban J connectivity index is 2.24. The van der Waals surface area contributed by atoms with Crippen molar-refractivity contribution in [3.63, 3.8) is 0 Å². The van der Waals surface area contributed by atoms with Gasteiger partial charge in [0.2, 0.25) is 0 Å². The summed E-state index contributed by atoms with van der Waals surface area (Å²) in [6.07, 6.45) is 5.69. The van der Waals surface area contributed by atoms with Crippen LogP contribution < -0.4 is 5.56 Å². The third kappa shape index (κ3) is 1.90. The van der Waals surface area contributed by atoms with Gasteiger partial charge in [0, 0.05) is 17.8 Å². The molecule has 4 heteroatoms. The summed E-state index contributed by atoms with van der Waals surface area (Å²) < 4.78 is 2.73. The number of hydrogen-bond donors (Lipinski definition) is 0. The molecule has 0 unspecified atom stereocenters. The van der Waals surface area contributed by atoms with Crippen molar-refractivity contribution < 1.29 is 0 Å². The number of hydrogen-bond acceptors (Lipinski definition) is 3. The van der Waals surface area contributed by atoms with Gasteiger partial charge < -0.3 is 0 Å². The highest BCUT2D eigenvalue weighted by molar-refractivity contribution is 7.18. The molecule has 17 heavy (non-hydrogen) atoms. The molecule has 1 aliphatic heterocycles. The molecule has 0 aliphatic carbocycles. The maximum atomic E-state index is 12.4. The van der Waals surface area contributed by atoms with E-state index in [0.717, 1.165) is 41.8 Å². The molecule has 0 atom stereocenters. The Morgan fingerprint density at radius 1 is 1.29 bits per heavy atom. The van der Waals surface area contributed by atoms with Crippen LogP contribution in [0, 0.1) is 6.92 Å². The quantitative estimate of drug-likeness (QED) is 0.718. The third-order valence-corrected chi connectivity index (χ3v) is 4.40. The van der Waals surface area contributed by atoms with E-state index in [1.807, 2.05) is 17.6 Å². The zero-order valence-corrected chi connectivity index (χ0v) is 10.8. The highest BCUT2D eigenvalue weighted by Crippen LogP contribution is 2.22. The standard InChI is InChI=1S/C13H16N2OS/c1-9-8-10-12(17-9)13(16)15-7-5-3-2-4-6-11(15)14-10/h8H,2-7H2,1H3. The van der Waals surface area contributed by atoms with E-state index >= 15 is 0 Å². The Morgan fingerprint density at radius 2 is 2.12 bits per heavy atom. The van der Waals surface area contributed by atoms with E-state index in [1.54, 1.807) is 11.3 Å². The zero-order valence-electron chi connectivity index (χ0n) is 10.0. The topological polar surface area (TPSA) is 34.9 Å². The average molecular weight is 248 g/mol. The molecule has 0 aromatic carbocycles. The van der Waals surface area contributed by atoms with Gasteiger partial charge in [-0.1, -0.05) is 12.8 Å². The maximum absolute atomic E-state index is 12.4. The largest absolute Gasteiger partial charge is 0.295 e. The molecule has 0 radical (unpaired) electrons. The molecule has 0 amide bonds. The van der Waals surface area contributed by atoms with E-state index in [2.05, 4.69) is 4.98 Å². The summed E-state index contributed by atoms with van der Waals surface area (Å²) >= 11 is 1.57. The van der Waals surface area contributed by atoms with Crippen LogP contribution >= 0.6 is 11.3 Å². The van der Waals surface area contributed by atoms with Gasteiger partial charge in [-0.2, -0.15) is 0 Å². The first kappa shape index (κ1) is 11.0. The Bertz CT molecular complexity index is 612. The van der Waals surface area contributed by atoms with Crippen LogP contribution in [0.1, 0.15) is 36.4 Å². The molecule has 2 aromatic heterocycles. The van der Waals surface area contributed by atoms with E-state index in [0.29, 0.717) is 0 Å². The molecular weight excluding hydrogens is 232 g/mol. The van der Waals surface area contributed by atoms with Crippen LogP contribution in [-0.2, 0) is 13.0 Å². The van der Waals surface area contributed by atoms with Crippen LogP contribution in [0.4, 0.5) is 0 Å². The minimum Gasteiger partial charge on any atom is -0.295 e. The van der Waals surface area contributed by atoms with Crippen molar-refractivity contribution in [2.75, 3.05) is 0 Å². The highest BCUT2D eigenvalue weighted by Gasteiger charge is 2.14. The van der Waals surface area contributed by atoms with Gasteiger partial charge in [0.25, 0.3) is 5.56 Å². The molecular formula is C13H16N2OS. The summed E-state index contributed by atoms with van der Waals surface area (Å²) in [5.41, 5.74) is 1.06. The number of thiophene rings is 1. The normalized spacial score (nSPS) is 16.5. The van der Waals surface area contributed by atoms with Crippen molar-refractivity contribution >= 4 is 21.6 Å². The summed E-state index contributed by atoms with van der Waals surface area (Å²) in [5.74, 6) is 0.986. The third-order valence-electron chi connectivity index (χ3n) is 3.37. The molecule has 0 fully saturated rings. The van der Waals surface area contributed by atoms with E-state index < -0.39 is 0 Å². The van der Waals surface area contributed by atoms with E-state index in [-0.39, 0.29) is 5.56 Å². The van der Waals surface area contributed by atoms with E-state index in [9.17, 15) is 4.79 Å². The summed E-state index contributed by atoms with van der Waals surface area (Å²) in [6.45, 7) is 2.88. The van der Waals surface area contributed by atoms with Crippen molar-refractivity contribution in [3.05, 3.63) is 27.1 Å². The highest BCUT2D eigenvalue weighted by atomic mass is 32.1. The van der Waals surface area contributed by atoms with Crippen molar-refractivity contribution in [3.8, 4) is 0 Å². The zero-order chi connectivity index (χ0) is 11.8. The molecule has 0 bridgehead atoms. The van der Waals surface area contributed by atoms with Gasteiger partial charge in [0.15, 0.2) is 0 Å². The fraction of sp³-hybridized carbons (Fsp3) is 0.538. The van der Waals surface area contributed by atoms with E-state index in [4.69, 9.17) is 0 Å². The van der Waals surface area contributed by atoms with Crippen molar-refractivity contribution in [2.45, 2.75) is 45.6 Å². The van der Waals surface area contributed by atoms with Gasteiger partial charge in [-0.25, -0.2) is 4.98 Å². The first-order chi connectivity index (χ1) is 8.25. The van der Waals surface area contributed by atoms with Gasteiger partial charge in [0.1, 0.15) is 10.5 Å². The van der Waals surface area contributed by atoms with Crippen LogP contribution in [0.5, 0.6) is 0 Å². The fourth-order valence-corrected chi connectivity index (χ4v) is 3.40. The SMILES string of the molecule is Cc1cc2nc3n(c(=O)c2s1)CCCCCC3. The molecule has 0 N–H and O–H groups in total. The molecule has 1 aliphatic rings. The van der Waals surface area contributed by atoms with Crippen LogP contribution in [0.3, 0.4) is 0 Å². The Hall–Kier alpha value is -1.16. The lowest BCUT2D eigenvalue weighted by atomic mass is 10.1. The number of fused-ring (bicyclic) bond motifs is 2. The molecule has 0 saturated carbocycles. The number of aryl methyl sites for hydroxylation is 2. The van der Waals surface area contributed by atoms with Gasteiger partial charge in [-0.05, 0) is 25.8 Å². The predicted octanol–water partition coefficient (Wildman–Crippen LogP) is 2.88. The summed E-state index contributed by atoms with van der Waals surface area (Å²) in [7, 11) is 0. The monoisotopic (exact) mass is 248 g/mol. The Labute approximate surface area is 104 Å². The van der Waals surface area contributed by atoms with Gasteiger partial charge >= 0.3 is 0 Å². The van der Waals surface area contributed by atoms with E-state index in [1.165, 1.54) is 17.7 Å². The number of nitrogens with zero attached hydrogens (tertiary/aromatic N) is 2. The summed E-state index contributed by atoms with van der Waals surface area (Å²) in [6, 6.07) is 2.03. The Kier molecular flexibility index (Phi) is 2.74. The summed E-state index contributed by atoms with van der Waals surface area (Å²) in [4.78, 5) is 18.2. The van der Waals surface area contributed by atoms with Crippen molar-refractivity contribution in [1.82, 2.24) is 9.55 Å². The molecule has 90 valence electrons. The van der Waals surface area contributed by atoms with Gasteiger partial charge in [0.05, 0.1) is 5.52 Å². The second kappa shape index (κ2) is 4.26. The minimum atomic E-state index is 0.171. The lowest BCUT2D eigenvalue weighted by Crippen LogP contribution is -2.25. The second-order valence-corrected chi connectivity index (χ2v) is 5.98. The lowest BCUT2D eigenvalue weighted by Gasteiger charge is -2.15. The van der Waals surface area contributed by atoms with Gasteiger partial charge in [-0.3, -0.25) is 9.36 Å². The molecule has 0 spiro atoms. The van der Waals surface area contributed by atoms with Crippen molar-refractivity contribution in [2.24, 2.45) is 0 Å². The second-order valence-electron chi connectivity index (χ2n) is 4.72. The van der Waals surface area contributed by atoms with Crippen LogP contribution in [0.25, 0.3) is 10.2 Å². The maximum Gasteiger partial charge on any atom is 0.271 e. The average Bonchev–Trinajstić information content (AvgIpc) is 2.62. The minimum absolute atomic E-state index is 0.171. The lowest BCUT2D eigenvalue weighted by molar-refractivity contribution is 0.500. The van der Waals surface area contributed by atoms with Crippen molar-refractivity contribution in [1.29, 1.82) is 0 Å². The smallest absolute Gasteiger partial charge is 0.271 e. The Morgan fingerprint density at radius 3 is 3.00 bits per heavy atom. The van der Waals surface area contributed by atoms with Crippen LogP contribution in [0.15, 0.2) is 10.9 Å². The number of rotatable bonds is 0. The summed E-state index contributed by atoms with van der Waals surface area (Å²) in [5, 5.41) is 0. The molecule has 3 rings (SSSR count).